The van der Waals surface area contributed by atoms with E-state index in [1.54, 1.807) is 32.6 Å². The molecule has 148 valence electrons. The third-order valence-corrected chi connectivity index (χ3v) is 4.76. The summed E-state index contributed by atoms with van der Waals surface area (Å²) in [6, 6.07) is 1.79. The summed E-state index contributed by atoms with van der Waals surface area (Å²) in [5.74, 6) is -0.624. The Morgan fingerprint density at radius 1 is 1.26 bits per heavy atom. The summed E-state index contributed by atoms with van der Waals surface area (Å²) in [5, 5.41) is 4.90. The first-order chi connectivity index (χ1) is 13.0. The van der Waals surface area contributed by atoms with Crippen molar-refractivity contribution in [1.82, 2.24) is 14.9 Å². The van der Waals surface area contributed by atoms with Gasteiger partial charge in [-0.15, -0.1) is 11.3 Å². The monoisotopic (exact) mass is 395 g/mol. The molecule has 0 bridgehead atoms. The molecule has 0 atom stereocenters. The maximum absolute atomic E-state index is 12.5. The Labute approximate surface area is 162 Å². The molecule has 0 aromatic carbocycles. The fourth-order valence-electron chi connectivity index (χ4n) is 2.60. The van der Waals surface area contributed by atoms with Crippen molar-refractivity contribution in [3.63, 3.8) is 0 Å². The Bertz CT molecular complexity index is 784. The normalized spacial score (nSPS) is 10.8. The molecule has 2 heterocycles. The molecule has 0 aliphatic carbocycles. The number of ether oxygens (including phenoxy) is 3. The first-order valence-corrected chi connectivity index (χ1v) is 9.50. The summed E-state index contributed by atoms with van der Waals surface area (Å²) < 4.78 is 17.1. The van der Waals surface area contributed by atoms with Gasteiger partial charge in [0.25, 0.3) is 5.91 Å². The Balaban J connectivity index is 2.35. The topological polar surface area (TPSA) is 91.7 Å². The summed E-state index contributed by atoms with van der Waals surface area (Å²) in [6.07, 6.45) is 0. The van der Waals surface area contributed by atoms with Crippen LogP contribution in [0.1, 0.15) is 32.8 Å². The van der Waals surface area contributed by atoms with E-state index in [9.17, 15) is 9.59 Å². The van der Waals surface area contributed by atoms with Gasteiger partial charge in [-0.3, -0.25) is 4.79 Å². The molecule has 0 saturated carbocycles. The molecule has 1 amide bonds. The average Bonchev–Trinajstić information content (AvgIpc) is 3.25. The molecule has 2 aromatic heterocycles. The molecule has 0 aliphatic heterocycles. The lowest BCUT2D eigenvalue weighted by molar-refractivity contribution is 0.0526. The molecule has 8 nitrogen and oxygen atoms in total. The number of carbonyl (C=O) groups excluding carboxylic acids is 2. The third-order valence-electron chi connectivity index (χ3n) is 3.94. The maximum atomic E-state index is 12.5. The molecular weight excluding hydrogens is 370 g/mol. The van der Waals surface area contributed by atoms with Crippen LogP contribution in [-0.4, -0.2) is 62.0 Å². The molecule has 2 aromatic rings. The van der Waals surface area contributed by atoms with Crippen molar-refractivity contribution < 1.29 is 23.8 Å². The molecule has 0 spiro atoms. The molecule has 2 rings (SSSR count). The SMILES string of the molecule is CCOC(=O)c1nc(-c2cc(C(=O)NCCOC)c(C)n2CCOC)cs1. The molecule has 0 fully saturated rings. The third kappa shape index (κ3) is 5.15. The number of nitrogens with zero attached hydrogens (tertiary/aromatic N) is 2. The fraction of sp³-hybridized carbons (Fsp3) is 0.500. The van der Waals surface area contributed by atoms with Crippen molar-refractivity contribution in [2.75, 3.05) is 40.6 Å². The van der Waals surface area contributed by atoms with Gasteiger partial charge in [-0.1, -0.05) is 0 Å². The van der Waals surface area contributed by atoms with E-state index in [-0.39, 0.29) is 10.9 Å². The Morgan fingerprint density at radius 2 is 2.00 bits per heavy atom. The zero-order chi connectivity index (χ0) is 19.8. The minimum atomic E-state index is -0.446. The van der Waals surface area contributed by atoms with Crippen LogP contribution in [0.3, 0.4) is 0 Å². The van der Waals surface area contributed by atoms with E-state index < -0.39 is 5.97 Å². The largest absolute Gasteiger partial charge is 0.461 e. The lowest BCUT2D eigenvalue weighted by Crippen LogP contribution is -2.27. The van der Waals surface area contributed by atoms with Crippen LogP contribution in [0.25, 0.3) is 11.4 Å². The lowest BCUT2D eigenvalue weighted by atomic mass is 10.2. The van der Waals surface area contributed by atoms with Crippen molar-refractivity contribution in [2.24, 2.45) is 0 Å². The maximum Gasteiger partial charge on any atom is 0.367 e. The van der Waals surface area contributed by atoms with Crippen LogP contribution in [0.15, 0.2) is 11.4 Å². The van der Waals surface area contributed by atoms with E-state index in [2.05, 4.69) is 10.3 Å². The van der Waals surface area contributed by atoms with Crippen LogP contribution in [0.2, 0.25) is 0 Å². The second-order valence-electron chi connectivity index (χ2n) is 5.68. The number of carbonyl (C=O) groups is 2. The summed E-state index contributed by atoms with van der Waals surface area (Å²) >= 11 is 1.22. The van der Waals surface area contributed by atoms with Crippen molar-refractivity contribution in [2.45, 2.75) is 20.4 Å². The van der Waals surface area contributed by atoms with Crippen LogP contribution < -0.4 is 5.32 Å². The number of amides is 1. The molecule has 1 N–H and O–H groups in total. The predicted octanol–water partition coefficient (Wildman–Crippen LogP) is 2.12. The van der Waals surface area contributed by atoms with Crippen molar-refractivity contribution in [3.05, 3.63) is 27.7 Å². The summed E-state index contributed by atoms with van der Waals surface area (Å²) in [7, 11) is 3.21. The van der Waals surface area contributed by atoms with E-state index in [1.807, 2.05) is 11.5 Å². The van der Waals surface area contributed by atoms with Crippen LogP contribution in [0.5, 0.6) is 0 Å². The summed E-state index contributed by atoms with van der Waals surface area (Å²) in [5.41, 5.74) is 2.75. The second-order valence-corrected chi connectivity index (χ2v) is 6.54. The summed E-state index contributed by atoms with van der Waals surface area (Å²) in [4.78, 5) is 28.8. The number of hydrogen-bond acceptors (Lipinski definition) is 7. The number of aromatic nitrogens is 2. The van der Waals surface area contributed by atoms with Crippen LogP contribution in [-0.2, 0) is 20.8 Å². The van der Waals surface area contributed by atoms with Crippen LogP contribution >= 0.6 is 11.3 Å². The highest BCUT2D eigenvalue weighted by molar-refractivity contribution is 7.11. The number of nitrogens with one attached hydrogen (secondary N) is 1. The first kappa shape index (κ1) is 21.1. The standard InChI is InChI=1S/C18H25N3O5S/c1-5-26-18(23)17-20-14(11-27-17)15-10-13(16(22)19-6-8-24-3)12(2)21(15)7-9-25-4/h10-11H,5-9H2,1-4H3,(H,19,22). The molecule has 0 radical (unpaired) electrons. The molecule has 0 unspecified atom stereocenters. The van der Waals surface area contributed by atoms with E-state index in [1.165, 1.54) is 11.3 Å². The molecule has 0 aliphatic rings. The van der Waals surface area contributed by atoms with Crippen molar-refractivity contribution >= 4 is 23.2 Å². The van der Waals surface area contributed by atoms with Gasteiger partial charge >= 0.3 is 5.97 Å². The molecule has 0 saturated heterocycles. The number of thiazole rings is 1. The van der Waals surface area contributed by atoms with Gasteiger partial charge in [-0.05, 0) is 19.9 Å². The van der Waals surface area contributed by atoms with Gasteiger partial charge in [0, 0.05) is 38.4 Å². The van der Waals surface area contributed by atoms with E-state index in [4.69, 9.17) is 14.2 Å². The smallest absolute Gasteiger partial charge is 0.367 e. The van der Waals surface area contributed by atoms with Gasteiger partial charge in [0.1, 0.15) is 0 Å². The minimum absolute atomic E-state index is 0.178. The Kier molecular flexibility index (Phi) is 7.96. The highest BCUT2D eigenvalue weighted by Crippen LogP contribution is 2.27. The van der Waals surface area contributed by atoms with Crippen LogP contribution in [0.4, 0.5) is 0 Å². The average molecular weight is 395 g/mol. The van der Waals surface area contributed by atoms with Crippen LogP contribution in [0, 0.1) is 6.92 Å². The highest BCUT2D eigenvalue weighted by Gasteiger charge is 2.21. The zero-order valence-corrected chi connectivity index (χ0v) is 16.9. The molecule has 9 heteroatoms. The van der Waals surface area contributed by atoms with Crippen molar-refractivity contribution in [3.8, 4) is 11.4 Å². The zero-order valence-electron chi connectivity index (χ0n) is 16.0. The number of esters is 1. The number of methoxy groups -OCH3 is 2. The van der Waals surface area contributed by atoms with Gasteiger partial charge in [-0.25, -0.2) is 9.78 Å². The Morgan fingerprint density at radius 3 is 2.67 bits per heavy atom. The Hall–Kier alpha value is -2.23. The van der Waals surface area contributed by atoms with Gasteiger partial charge < -0.3 is 24.1 Å². The molecule has 27 heavy (non-hydrogen) atoms. The quantitative estimate of drug-likeness (QED) is 0.489. The van der Waals surface area contributed by atoms with Crippen molar-refractivity contribution in [1.29, 1.82) is 0 Å². The van der Waals surface area contributed by atoms with Gasteiger partial charge in [0.2, 0.25) is 5.01 Å². The van der Waals surface area contributed by atoms with Gasteiger partial charge in [-0.2, -0.15) is 0 Å². The lowest BCUT2D eigenvalue weighted by Gasteiger charge is -2.10. The number of hydrogen-bond donors (Lipinski definition) is 1. The highest BCUT2D eigenvalue weighted by atomic mass is 32.1. The fourth-order valence-corrected chi connectivity index (χ4v) is 3.30. The van der Waals surface area contributed by atoms with E-state index in [0.29, 0.717) is 44.2 Å². The summed E-state index contributed by atoms with van der Waals surface area (Å²) in [6.45, 7) is 5.84. The number of rotatable bonds is 10. The van der Waals surface area contributed by atoms with Gasteiger partial charge in [0.05, 0.1) is 36.8 Å². The van der Waals surface area contributed by atoms with Gasteiger partial charge in [0.15, 0.2) is 0 Å². The van der Waals surface area contributed by atoms with E-state index >= 15 is 0 Å². The predicted molar refractivity (Wildman–Crippen MR) is 102 cm³/mol. The first-order valence-electron chi connectivity index (χ1n) is 8.62. The van der Waals surface area contributed by atoms with E-state index in [0.717, 1.165) is 11.4 Å². The second kappa shape index (κ2) is 10.2. The minimum Gasteiger partial charge on any atom is -0.461 e. The molecular formula is C18H25N3O5S.